The van der Waals surface area contributed by atoms with Crippen LogP contribution >= 0.6 is 0 Å². The maximum Gasteiger partial charge on any atom is 0.162 e. The van der Waals surface area contributed by atoms with E-state index in [1.165, 1.54) is 48.7 Å². The SMILES string of the molecule is c1ccc(-c2cc(-n3c4ccccc4c4c5c6ccccc6n(-c6ccc7ccccc7c6)c5ccc43)nc(-c3ccc4ccccc4c3)n2)cc1. The van der Waals surface area contributed by atoms with E-state index in [2.05, 4.69) is 185 Å². The van der Waals surface area contributed by atoms with Crippen LogP contribution in [0.5, 0.6) is 0 Å². The van der Waals surface area contributed by atoms with E-state index >= 15 is 0 Å². The molecule has 52 heavy (non-hydrogen) atoms. The third kappa shape index (κ3) is 4.34. The fourth-order valence-electron chi connectivity index (χ4n) is 8.12. The minimum Gasteiger partial charge on any atom is -0.309 e. The summed E-state index contributed by atoms with van der Waals surface area (Å²) in [5.41, 5.74) is 8.65. The summed E-state index contributed by atoms with van der Waals surface area (Å²) in [6, 6.07) is 64.9. The van der Waals surface area contributed by atoms with Crippen molar-refractivity contribution in [3.63, 3.8) is 0 Å². The van der Waals surface area contributed by atoms with E-state index in [0.717, 1.165) is 44.7 Å². The van der Waals surface area contributed by atoms with Crippen molar-refractivity contribution in [3.05, 3.63) is 182 Å². The van der Waals surface area contributed by atoms with E-state index in [-0.39, 0.29) is 0 Å². The van der Waals surface area contributed by atoms with Crippen LogP contribution in [0.25, 0.3) is 99.3 Å². The molecule has 0 unspecified atom stereocenters. The smallest absolute Gasteiger partial charge is 0.162 e. The van der Waals surface area contributed by atoms with Gasteiger partial charge in [-0.25, -0.2) is 9.97 Å². The molecule has 3 aromatic heterocycles. The zero-order chi connectivity index (χ0) is 34.2. The van der Waals surface area contributed by atoms with Crippen molar-refractivity contribution in [2.75, 3.05) is 0 Å². The molecule has 0 aliphatic carbocycles. The lowest BCUT2D eigenvalue weighted by Crippen LogP contribution is -2.02. The second kappa shape index (κ2) is 11.2. The first-order valence-corrected chi connectivity index (χ1v) is 17.7. The van der Waals surface area contributed by atoms with Crippen LogP contribution in [-0.4, -0.2) is 19.1 Å². The highest BCUT2D eigenvalue weighted by Gasteiger charge is 2.22. The Balaban J connectivity index is 1.22. The molecule has 0 aliphatic rings. The van der Waals surface area contributed by atoms with Gasteiger partial charge in [0.2, 0.25) is 0 Å². The average Bonchev–Trinajstić information content (AvgIpc) is 3.73. The van der Waals surface area contributed by atoms with Gasteiger partial charge in [-0.3, -0.25) is 4.57 Å². The van der Waals surface area contributed by atoms with Gasteiger partial charge in [-0.2, -0.15) is 0 Å². The second-order valence-corrected chi connectivity index (χ2v) is 13.5. The molecule has 3 heterocycles. The van der Waals surface area contributed by atoms with Gasteiger partial charge >= 0.3 is 0 Å². The quantitative estimate of drug-likeness (QED) is 0.188. The predicted molar refractivity (Wildman–Crippen MR) is 217 cm³/mol. The highest BCUT2D eigenvalue weighted by molar-refractivity contribution is 6.29. The summed E-state index contributed by atoms with van der Waals surface area (Å²) in [6.45, 7) is 0. The van der Waals surface area contributed by atoms with Gasteiger partial charge in [0, 0.05) is 44.4 Å². The molecule has 0 N–H and O–H groups in total. The molecular weight excluding hydrogens is 633 g/mol. The summed E-state index contributed by atoms with van der Waals surface area (Å²) in [6.07, 6.45) is 0. The fraction of sp³-hybridized carbons (Fsp3) is 0. The highest BCUT2D eigenvalue weighted by atomic mass is 15.1. The molecule has 0 fully saturated rings. The fourth-order valence-corrected chi connectivity index (χ4v) is 8.12. The zero-order valence-electron chi connectivity index (χ0n) is 28.1. The van der Waals surface area contributed by atoms with Crippen molar-refractivity contribution in [2.24, 2.45) is 0 Å². The number of hydrogen-bond acceptors (Lipinski definition) is 2. The largest absolute Gasteiger partial charge is 0.309 e. The minimum atomic E-state index is 0.696. The Morgan fingerprint density at radius 3 is 1.62 bits per heavy atom. The summed E-state index contributed by atoms with van der Waals surface area (Å²) in [5.74, 6) is 1.53. The van der Waals surface area contributed by atoms with Crippen LogP contribution in [0, 0.1) is 0 Å². The van der Waals surface area contributed by atoms with Crippen molar-refractivity contribution in [2.45, 2.75) is 0 Å². The summed E-state index contributed by atoms with van der Waals surface area (Å²) < 4.78 is 4.74. The Morgan fingerprint density at radius 2 is 0.904 bits per heavy atom. The lowest BCUT2D eigenvalue weighted by atomic mass is 10.1. The van der Waals surface area contributed by atoms with Crippen LogP contribution < -0.4 is 0 Å². The summed E-state index contributed by atoms with van der Waals surface area (Å²) in [5, 5.41) is 9.70. The molecule has 0 spiro atoms. The van der Waals surface area contributed by atoms with Crippen LogP contribution in [0.15, 0.2) is 182 Å². The van der Waals surface area contributed by atoms with Gasteiger partial charge in [-0.15, -0.1) is 0 Å². The van der Waals surface area contributed by atoms with Crippen LogP contribution in [-0.2, 0) is 0 Å². The van der Waals surface area contributed by atoms with E-state index in [1.807, 2.05) is 6.07 Å². The lowest BCUT2D eigenvalue weighted by molar-refractivity contribution is 1.05. The maximum absolute atomic E-state index is 5.35. The van der Waals surface area contributed by atoms with Gasteiger partial charge in [-0.1, -0.05) is 133 Å². The van der Waals surface area contributed by atoms with Gasteiger partial charge in [0.05, 0.1) is 27.8 Å². The van der Waals surface area contributed by atoms with Crippen LogP contribution in [0.3, 0.4) is 0 Å². The monoisotopic (exact) mass is 662 g/mol. The third-order valence-corrected chi connectivity index (χ3v) is 10.5. The minimum absolute atomic E-state index is 0.696. The standard InChI is InChI=1S/C48H30N4/c1-2-14-33(15-3-1)40-30-45(50-48(49-40)36-23-22-31-12-4-6-16-34(31)28-36)52-42-21-11-9-19-39(42)47-44(52)27-26-43-46(47)38-18-8-10-20-41(38)51(43)37-25-24-32-13-5-7-17-35(32)29-37/h1-30H. The summed E-state index contributed by atoms with van der Waals surface area (Å²) >= 11 is 0. The molecule has 0 bridgehead atoms. The average molecular weight is 663 g/mol. The second-order valence-electron chi connectivity index (χ2n) is 13.5. The molecule has 4 heteroatoms. The van der Waals surface area contributed by atoms with Gasteiger partial charge in [-0.05, 0) is 64.0 Å². The molecule has 8 aromatic carbocycles. The van der Waals surface area contributed by atoms with E-state index < -0.39 is 0 Å². The Labute approximate surface area is 299 Å². The van der Waals surface area contributed by atoms with Gasteiger partial charge in [0.15, 0.2) is 5.82 Å². The molecular formula is C48H30N4. The van der Waals surface area contributed by atoms with E-state index in [9.17, 15) is 0 Å². The number of benzene rings is 8. The number of rotatable bonds is 4. The number of nitrogens with zero attached hydrogens (tertiary/aromatic N) is 4. The maximum atomic E-state index is 5.35. The first-order valence-electron chi connectivity index (χ1n) is 17.7. The lowest BCUT2D eigenvalue weighted by Gasteiger charge is -2.13. The van der Waals surface area contributed by atoms with E-state index in [0.29, 0.717) is 5.82 Å². The number of hydrogen-bond donors (Lipinski definition) is 0. The molecule has 0 aliphatic heterocycles. The predicted octanol–water partition coefficient (Wildman–Crippen LogP) is 12.3. The van der Waals surface area contributed by atoms with Crippen molar-refractivity contribution in [1.82, 2.24) is 19.1 Å². The first-order chi connectivity index (χ1) is 25.8. The van der Waals surface area contributed by atoms with Crippen molar-refractivity contribution in [1.29, 1.82) is 0 Å². The molecule has 0 saturated carbocycles. The van der Waals surface area contributed by atoms with Crippen molar-refractivity contribution in [3.8, 4) is 34.2 Å². The molecule has 0 amide bonds. The Bertz CT molecular complexity index is 3190. The Hall–Kier alpha value is -7.04. The molecule has 0 atom stereocenters. The Kier molecular flexibility index (Phi) is 6.22. The number of aromatic nitrogens is 4. The highest BCUT2D eigenvalue weighted by Crippen LogP contribution is 2.42. The first kappa shape index (κ1) is 28.8. The topological polar surface area (TPSA) is 35.6 Å². The van der Waals surface area contributed by atoms with Gasteiger partial charge in [0.1, 0.15) is 5.82 Å². The van der Waals surface area contributed by atoms with E-state index in [1.54, 1.807) is 0 Å². The zero-order valence-corrected chi connectivity index (χ0v) is 28.1. The molecule has 4 nitrogen and oxygen atoms in total. The van der Waals surface area contributed by atoms with Crippen molar-refractivity contribution < 1.29 is 0 Å². The normalized spacial score (nSPS) is 11.8. The van der Waals surface area contributed by atoms with Crippen LogP contribution in [0.4, 0.5) is 0 Å². The molecule has 242 valence electrons. The third-order valence-electron chi connectivity index (χ3n) is 10.5. The number of para-hydroxylation sites is 2. The van der Waals surface area contributed by atoms with E-state index in [4.69, 9.17) is 9.97 Å². The molecule has 11 aromatic rings. The number of fused-ring (bicyclic) bond motifs is 9. The van der Waals surface area contributed by atoms with Crippen molar-refractivity contribution >= 4 is 65.2 Å². The molecule has 0 saturated heterocycles. The van der Waals surface area contributed by atoms with Crippen LogP contribution in [0.2, 0.25) is 0 Å². The van der Waals surface area contributed by atoms with Gasteiger partial charge in [0.25, 0.3) is 0 Å². The summed E-state index contributed by atoms with van der Waals surface area (Å²) in [7, 11) is 0. The molecule has 0 radical (unpaired) electrons. The Morgan fingerprint density at radius 1 is 0.346 bits per heavy atom. The van der Waals surface area contributed by atoms with Gasteiger partial charge < -0.3 is 4.57 Å². The summed E-state index contributed by atoms with van der Waals surface area (Å²) in [4.78, 5) is 10.5. The molecule has 11 rings (SSSR count). The van der Waals surface area contributed by atoms with Crippen LogP contribution in [0.1, 0.15) is 0 Å².